The van der Waals surface area contributed by atoms with E-state index in [4.69, 9.17) is 4.74 Å². The molecule has 0 saturated carbocycles. The van der Waals surface area contributed by atoms with Crippen LogP contribution >= 0.6 is 15.9 Å². The number of hydrogen-bond donors (Lipinski definition) is 1. The van der Waals surface area contributed by atoms with Crippen LogP contribution in [0, 0.1) is 5.82 Å². The number of halogens is 5. The van der Waals surface area contributed by atoms with Crippen LogP contribution < -0.4 is 5.32 Å². The average Bonchev–Trinajstić information content (AvgIpc) is 2.57. The zero-order valence-corrected chi connectivity index (χ0v) is 19.8. The number of aromatic nitrogens is 1. The molecule has 31 heavy (non-hydrogen) atoms. The number of pyridine rings is 1. The maximum atomic E-state index is 14.6. The number of alkyl halides is 3. The number of nitrogens with zero attached hydrogens (tertiary/aromatic N) is 4. The van der Waals surface area contributed by atoms with E-state index in [-0.39, 0.29) is 16.3 Å². The molecule has 2 atom stereocenters. The number of nitrogens with one attached hydrogen (secondary N) is 1. The Hall–Kier alpha value is -1.96. The molecule has 1 aliphatic rings. The summed E-state index contributed by atoms with van der Waals surface area (Å²) in [4.78, 5) is 20.5. The van der Waals surface area contributed by atoms with Crippen molar-refractivity contribution in [3.63, 3.8) is 0 Å². The summed E-state index contributed by atoms with van der Waals surface area (Å²) in [6.45, 7) is 4.46. The molecule has 14 heteroatoms. The molecule has 0 aliphatic carbocycles. The van der Waals surface area contributed by atoms with Crippen LogP contribution in [0.5, 0.6) is 0 Å². The van der Waals surface area contributed by atoms with Crippen LogP contribution in [-0.2, 0) is 20.2 Å². The van der Waals surface area contributed by atoms with Crippen LogP contribution in [0.3, 0.4) is 0 Å². The van der Waals surface area contributed by atoms with Crippen molar-refractivity contribution in [1.82, 2.24) is 14.6 Å². The minimum absolute atomic E-state index is 0.236. The minimum Gasteiger partial charge on any atom is -0.444 e. The Kier molecular flexibility index (Phi) is 6.96. The molecule has 1 amide bonds. The second-order valence-corrected chi connectivity index (χ2v) is 11.1. The van der Waals surface area contributed by atoms with Gasteiger partial charge in [-0.05, 0) is 55.8 Å². The summed E-state index contributed by atoms with van der Waals surface area (Å²) in [6, 6.07) is 2.41. The molecule has 174 valence electrons. The largest absolute Gasteiger partial charge is 0.444 e. The van der Waals surface area contributed by atoms with Gasteiger partial charge in [0.2, 0.25) is 5.96 Å². The molecule has 0 saturated heterocycles. The number of ether oxygens (including phenoxy) is 1. The van der Waals surface area contributed by atoms with Crippen LogP contribution in [0.25, 0.3) is 0 Å². The number of guanidine groups is 1. The van der Waals surface area contributed by atoms with Crippen molar-refractivity contribution in [2.45, 2.75) is 45.0 Å². The summed E-state index contributed by atoms with van der Waals surface area (Å²) >= 11 is 3.10. The molecule has 2 heterocycles. The number of carbonyl (C=O) groups excluding carboxylic acids is 1. The summed E-state index contributed by atoms with van der Waals surface area (Å²) < 4.78 is 76.0. The highest BCUT2D eigenvalue weighted by atomic mass is 79.9. The summed E-state index contributed by atoms with van der Waals surface area (Å²) in [5.41, 5.74) is -2.86. The lowest BCUT2D eigenvalue weighted by atomic mass is 10.00. The first-order chi connectivity index (χ1) is 13.9. The second kappa shape index (κ2) is 8.52. The van der Waals surface area contributed by atoms with E-state index in [2.05, 4.69) is 35.6 Å². The molecule has 0 radical (unpaired) electrons. The number of aliphatic imine (C=N–C) groups is 1. The molecular formula is C17H22BrF4N5O3S. The monoisotopic (exact) mass is 531 g/mol. The molecule has 1 aliphatic heterocycles. The van der Waals surface area contributed by atoms with E-state index >= 15 is 0 Å². The van der Waals surface area contributed by atoms with E-state index in [0.717, 1.165) is 10.4 Å². The Balaban J connectivity index is 2.61. The third-order valence-corrected chi connectivity index (χ3v) is 6.87. The van der Waals surface area contributed by atoms with Crippen molar-refractivity contribution in [2.24, 2.45) is 9.36 Å². The van der Waals surface area contributed by atoms with Crippen LogP contribution in [0.4, 0.5) is 22.4 Å². The van der Waals surface area contributed by atoms with Gasteiger partial charge in [-0.1, -0.05) is 0 Å². The van der Waals surface area contributed by atoms with E-state index in [9.17, 15) is 26.6 Å². The van der Waals surface area contributed by atoms with Crippen LogP contribution in [0.1, 0.15) is 33.4 Å². The van der Waals surface area contributed by atoms with Gasteiger partial charge in [0.05, 0.1) is 5.75 Å². The van der Waals surface area contributed by atoms with Gasteiger partial charge in [-0.15, -0.1) is 0 Å². The molecule has 0 unspecified atom stereocenters. The van der Waals surface area contributed by atoms with Gasteiger partial charge in [-0.2, -0.15) is 13.2 Å². The lowest BCUT2D eigenvalue weighted by Crippen LogP contribution is -2.54. The maximum Gasteiger partial charge on any atom is 0.414 e. The fraction of sp³-hybridized carbons (Fsp3) is 0.588. The van der Waals surface area contributed by atoms with Gasteiger partial charge in [0.25, 0.3) is 0 Å². The summed E-state index contributed by atoms with van der Waals surface area (Å²) in [6.07, 6.45) is -5.70. The Morgan fingerprint density at radius 3 is 2.55 bits per heavy atom. The number of hydrogen-bond acceptors (Lipinski definition) is 6. The minimum atomic E-state index is -4.71. The molecule has 1 aromatic heterocycles. The molecule has 8 nitrogen and oxygen atoms in total. The number of amides is 1. The lowest BCUT2D eigenvalue weighted by Gasteiger charge is -2.38. The number of carbonyl (C=O) groups is 1. The summed E-state index contributed by atoms with van der Waals surface area (Å²) in [5, 5.41) is 2.27. The van der Waals surface area contributed by atoms with Gasteiger partial charge in [-0.25, -0.2) is 27.7 Å². The van der Waals surface area contributed by atoms with Gasteiger partial charge in [0.15, 0.2) is 0 Å². The van der Waals surface area contributed by atoms with Crippen LogP contribution in [0.2, 0.25) is 0 Å². The number of alkyl carbamates (subject to hydrolysis) is 1. The molecule has 1 N–H and O–H groups in total. The predicted molar refractivity (Wildman–Crippen MR) is 110 cm³/mol. The topological polar surface area (TPSA) is 96.3 Å². The molecular weight excluding hydrogens is 510 g/mol. The first kappa shape index (κ1) is 25.3. The van der Waals surface area contributed by atoms with E-state index in [1.807, 2.05) is 0 Å². The summed E-state index contributed by atoms with van der Waals surface area (Å²) in [5.74, 6) is -1.79. The third kappa shape index (κ3) is 6.51. The van der Waals surface area contributed by atoms with Crippen molar-refractivity contribution >= 4 is 37.9 Å². The van der Waals surface area contributed by atoms with Crippen LogP contribution in [-0.4, -0.2) is 56.7 Å². The standard InChI is InChI=1S/C17H22BrF4N5O3S/c1-15(2,3)30-14(28)25-13-26-16(4,12-10(19)6-7-11(18)24-12)9-31(29,27(13)5)23-8-17(20,21)22/h6-7H,8-9H2,1-5H3,(H,25,26,28)/t16-,31+/m0/s1. The van der Waals surface area contributed by atoms with E-state index in [1.165, 1.54) is 20.0 Å². The highest BCUT2D eigenvalue weighted by molar-refractivity contribution is 9.10. The molecule has 1 aromatic rings. The number of rotatable bonds is 2. The average molecular weight is 532 g/mol. The lowest BCUT2D eigenvalue weighted by molar-refractivity contribution is -0.117. The first-order valence-electron chi connectivity index (χ1n) is 8.88. The van der Waals surface area contributed by atoms with Crippen molar-refractivity contribution in [3.05, 3.63) is 28.2 Å². The molecule has 0 fully saturated rings. The van der Waals surface area contributed by atoms with Crippen molar-refractivity contribution < 1.29 is 31.3 Å². The highest BCUT2D eigenvalue weighted by Crippen LogP contribution is 2.34. The highest BCUT2D eigenvalue weighted by Gasteiger charge is 2.44. The quantitative estimate of drug-likeness (QED) is 0.461. The third-order valence-electron chi connectivity index (χ3n) is 3.93. The molecule has 2 rings (SSSR count). The zero-order chi connectivity index (χ0) is 23.8. The van der Waals surface area contributed by atoms with Crippen molar-refractivity contribution in [3.8, 4) is 0 Å². The van der Waals surface area contributed by atoms with Crippen molar-refractivity contribution in [1.29, 1.82) is 0 Å². The normalized spacial score (nSPS) is 24.5. The Morgan fingerprint density at radius 2 is 2.00 bits per heavy atom. The Morgan fingerprint density at radius 1 is 1.39 bits per heavy atom. The molecule has 0 spiro atoms. The second-order valence-electron chi connectivity index (χ2n) is 7.95. The van der Waals surface area contributed by atoms with Gasteiger partial charge in [0, 0.05) is 7.05 Å². The Labute approximate surface area is 185 Å². The van der Waals surface area contributed by atoms with E-state index in [1.54, 1.807) is 20.8 Å². The first-order valence-corrected chi connectivity index (χ1v) is 11.3. The zero-order valence-electron chi connectivity index (χ0n) is 17.4. The predicted octanol–water partition coefficient (Wildman–Crippen LogP) is 3.97. The smallest absolute Gasteiger partial charge is 0.414 e. The van der Waals surface area contributed by atoms with Gasteiger partial charge >= 0.3 is 12.3 Å². The Bertz CT molecular complexity index is 1020. The fourth-order valence-electron chi connectivity index (χ4n) is 2.66. The van der Waals surface area contributed by atoms with E-state index in [0.29, 0.717) is 0 Å². The fourth-order valence-corrected chi connectivity index (χ4v) is 5.07. The SMILES string of the molecule is CN1C(NC(=O)OC(C)(C)C)=N[C@](C)(c2nc(Br)ccc2F)C[S@@]1(=O)=NCC(F)(F)F. The summed E-state index contributed by atoms with van der Waals surface area (Å²) in [7, 11) is -2.64. The van der Waals surface area contributed by atoms with Crippen molar-refractivity contribution in [2.75, 3.05) is 19.3 Å². The van der Waals surface area contributed by atoms with E-state index < -0.39 is 51.4 Å². The van der Waals surface area contributed by atoms with Gasteiger partial charge in [-0.3, -0.25) is 9.62 Å². The van der Waals surface area contributed by atoms with Crippen LogP contribution in [0.15, 0.2) is 26.1 Å². The van der Waals surface area contributed by atoms with Gasteiger partial charge in [0.1, 0.15) is 43.7 Å². The maximum absolute atomic E-state index is 14.6. The molecule has 0 bridgehead atoms. The molecule has 0 aromatic carbocycles. The van der Waals surface area contributed by atoms with Gasteiger partial charge < -0.3 is 4.74 Å².